The molecule has 0 saturated carbocycles. The van der Waals surface area contributed by atoms with Gasteiger partial charge in [-0.3, -0.25) is 28.1 Å². The van der Waals surface area contributed by atoms with E-state index in [-0.39, 0.29) is 17.1 Å². The number of nitrogens with zero attached hydrogens (tertiary/aromatic N) is 6. The monoisotopic (exact) mass is 429 g/mol. The van der Waals surface area contributed by atoms with E-state index < -0.39 is 23.7 Å². The zero-order chi connectivity index (χ0) is 23.5. The van der Waals surface area contributed by atoms with Gasteiger partial charge in [-0.1, -0.05) is 0 Å². The van der Waals surface area contributed by atoms with Crippen LogP contribution in [0.1, 0.15) is 62.3 Å². The Balaban J connectivity index is 2.33. The van der Waals surface area contributed by atoms with E-state index in [0.717, 1.165) is 0 Å². The molecule has 31 heavy (non-hydrogen) atoms. The lowest BCUT2D eigenvalue weighted by atomic mass is 9.92. The van der Waals surface area contributed by atoms with Gasteiger partial charge in [0.25, 0.3) is 24.2 Å². The molecule has 3 aromatic rings. The summed E-state index contributed by atoms with van der Waals surface area (Å²) in [5.74, 6) is 0. The summed E-state index contributed by atoms with van der Waals surface area (Å²) in [4.78, 5) is 40.0. The second-order valence-corrected chi connectivity index (χ2v) is 11.2. The molecule has 0 spiro atoms. The molecular weight excluding hydrogens is 395 g/mol. The van der Waals surface area contributed by atoms with E-state index in [1.54, 1.807) is 50.9 Å². The van der Waals surface area contributed by atoms with Crippen LogP contribution in [-0.4, -0.2) is 34.3 Å². The summed E-state index contributed by atoms with van der Waals surface area (Å²) in [6, 6.07) is 0. The van der Waals surface area contributed by atoms with Crippen LogP contribution in [0, 0.1) is 0 Å². The summed E-state index contributed by atoms with van der Waals surface area (Å²) >= 11 is 0. The van der Waals surface area contributed by atoms with Gasteiger partial charge in [0, 0.05) is 35.2 Å². The molecule has 0 atom stereocenters. The minimum absolute atomic E-state index is 0.265. The first-order valence-corrected chi connectivity index (χ1v) is 10.6. The molecule has 0 aliphatic heterocycles. The van der Waals surface area contributed by atoms with Gasteiger partial charge < -0.3 is 13.4 Å². The van der Waals surface area contributed by atoms with Crippen molar-refractivity contribution in [1.29, 1.82) is 0 Å². The minimum atomic E-state index is -2.09. The molecule has 0 aliphatic rings. The molecular formula is C21H34BN6O3-. The van der Waals surface area contributed by atoms with Gasteiger partial charge in [0.2, 0.25) is 0 Å². The van der Waals surface area contributed by atoms with Crippen molar-refractivity contribution < 1.29 is 0 Å². The smallest absolute Gasteiger partial charge is 0.291 e. The predicted octanol–water partition coefficient (Wildman–Crippen LogP) is 1.50. The quantitative estimate of drug-likeness (QED) is 0.592. The molecule has 10 heteroatoms. The SMILES string of the molecule is CC(C)(C)n1ccn([BH-](n2ccn(C(C)(C)C)c2=O)n2ccn(C(C)(C)C)c2=O)c1=O. The Kier molecular flexibility index (Phi) is 5.19. The zero-order valence-electron chi connectivity index (χ0n) is 20.1. The summed E-state index contributed by atoms with van der Waals surface area (Å²) in [7, 11) is -2.09. The normalized spacial score (nSPS) is 13.4. The molecule has 0 aliphatic carbocycles. The lowest BCUT2D eigenvalue weighted by Crippen LogP contribution is -2.55. The highest BCUT2D eigenvalue weighted by Gasteiger charge is 2.25. The van der Waals surface area contributed by atoms with Crippen molar-refractivity contribution in [3.05, 3.63) is 68.6 Å². The van der Waals surface area contributed by atoms with Crippen LogP contribution in [-0.2, 0) is 16.6 Å². The Morgan fingerprint density at radius 2 is 0.710 bits per heavy atom. The number of aromatic nitrogens is 6. The highest BCUT2D eigenvalue weighted by atomic mass is 16.2. The van der Waals surface area contributed by atoms with Gasteiger partial charge >= 0.3 is 0 Å². The van der Waals surface area contributed by atoms with E-state index in [9.17, 15) is 14.4 Å². The van der Waals surface area contributed by atoms with Crippen LogP contribution in [0.15, 0.2) is 51.6 Å². The second-order valence-electron chi connectivity index (χ2n) is 11.2. The van der Waals surface area contributed by atoms with E-state index >= 15 is 0 Å². The van der Waals surface area contributed by atoms with E-state index in [2.05, 4.69) is 0 Å². The Morgan fingerprint density at radius 3 is 0.871 bits per heavy atom. The van der Waals surface area contributed by atoms with Gasteiger partial charge in [-0.15, -0.1) is 0 Å². The summed E-state index contributed by atoms with van der Waals surface area (Å²) < 4.78 is 9.37. The van der Waals surface area contributed by atoms with Crippen LogP contribution in [0.5, 0.6) is 0 Å². The Bertz CT molecular complexity index is 1100. The number of rotatable bonds is 3. The van der Waals surface area contributed by atoms with Crippen molar-refractivity contribution in [2.45, 2.75) is 78.9 Å². The third-order valence-corrected chi connectivity index (χ3v) is 5.62. The van der Waals surface area contributed by atoms with Crippen LogP contribution in [0.3, 0.4) is 0 Å². The molecule has 0 radical (unpaired) electrons. The fourth-order valence-corrected chi connectivity index (χ4v) is 3.91. The van der Waals surface area contributed by atoms with Gasteiger partial charge in [-0.2, -0.15) is 0 Å². The third kappa shape index (κ3) is 3.91. The van der Waals surface area contributed by atoms with Gasteiger partial charge in [0.15, 0.2) is 0 Å². The zero-order valence-corrected chi connectivity index (χ0v) is 20.1. The van der Waals surface area contributed by atoms with Gasteiger partial charge in [0.1, 0.15) is 0 Å². The van der Waals surface area contributed by atoms with Crippen molar-refractivity contribution in [1.82, 2.24) is 27.1 Å². The molecule has 3 aromatic heterocycles. The Labute approximate surface area is 182 Å². The first-order valence-electron chi connectivity index (χ1n) is 10.6. The summed E-state index contributed by atoms with van der Waals surface area (Å²) in [6.45, 7) is 17.4. The topological polar surface area (TPSA) is 80.8 Å². The molecule has 3 heterocycles. The van der Waals surface area contributed by atoms with Crippen LogP contribution >= 0.6 is 0 Å². The first-order chi connectivity index (χ1) is 14.0. The molecule has 170 valence electrons. The number of hydrogen-bond donors (Lipinski definition) is 0. The molecule has 0 saturated heterocycles. The molecule has 0 fully saturated rings. The minimum Gasteiger partial charge on any atom is -0.437 e. The van der Waals surface area contributed by atoms with E-state index in [1.165, 1.54) is 13.4 Å². The lowest BCUT2D eigenvalue weighted by Gasteiger charge is -2.29. The van der Waals surface area contributed by atoms with E-state index in [4.69, 9.17) is 0 Å². The predicted molar refractivity (Wildman–Crippen MR) is 124 cm³/mol. The molecule has 0 bridgehead atoms. The first kappa shape index (κ1) is 22.8. The maximum Gasteiger partial charge on any atom is 0.291 e. The fraction of sp³-hybridized carbons (Fsp3) is 0.571. The summed E-state index contributed by atoms with van der Waals surface area (Å²) in [5.41, 5.74) is -2.10. The highest BCUT2D eigenvalue weighted by Crippen LogP contribution is 2.14. The molecule has 9 nitrogen and oxygen atoms in total. The molecule has 3 rings (SSSR count). The molecule has 0 aromatic carbocycles. The van der Waals surface area contributed by atoms with Crippen LogP contribution in [0.25, 0.3) is 0 Å². The Hall–Kier alpha value is -2.91. The number of hydrogen-bond acceptors (Lipinski definition) is 3. The average Bonchev–Trinajstić information content (AvgIpc) is 3.26. The second kappa shape index (κ2) is 7.07. The largest absolute Gasteiger partial charge is 0.437 e. The van der Waals surface area contributed by atoms with Crippen molar-refractivity contribution in [2.24, 2.45) is 0 Å². The van der Waals surface area contributed by atoms with Crippen LogP contribution in [0.4, 0.5) is 0 Å². The van der Waals surface area contributed by atoms with Crippen molar-refractivity contribution >= 4 is 7.12 Å². The van der Waals surface area contributed by atoms with Gasteiger partial charge in [0.05, 0.1) is 0 Å². The number of imidazole rings is 3. The van der Waals surface area contributed by atoms with Crippen molar-refractivity contribution in [3.63, 3.8) is 0 Å². The van der Waals surface area contributed by atoms with E-state index in [0.29, 0.717) is 0 Å². The Morgan fingerprint density at radius 1 is 0.484 bits per heavy atom. The molecule has 0 unspecified atom stereocenters. The average molecular weight is 429 g/mol. The molecule has 0 amide bonds. The van der Waals surface area contributed by atoms with Crippen LogP contribution < -0.4 is 17.1 Å². The standard InChI is InChI=1S/C21H34BN6O3/c1-19(2,3)23-10-13-26(16(23)29)22(27-14-11-24(17(27)30)20(4,5)6)28-15-12-25(18(28)31)21(7,8)9/h10-15,22H,1-9H3/q-1. The maximum atomic E-state index is 13.3. The van der Waals surface area contributed by atoms with Crippen molar-refractivity contribution in [2.75, 3.05) is 0 Å². The van der Waals surface area contributed by atoms with Crippen LogP contribution in [0.2, 0.25) is 0 Å². The van der Waals surface area contributed by atoms with Gasteiger partial charge in [-0.25, -0.2) is 0 Å². The summed E-state index contributed by atoms with van der Waals surface area (Å²) in [5, 5.41) is 0. The van der Waals surface area contributed by atoms with E-state index in [1.807, 2.05) is 62.3 Å². The highest BCUT2D eigenvalue weighted by molar-refractivity contribution is 6.53. The molecule has 0 N–H and O–H groups in total. The van der Waals surface area contributed by atoms with Gasteiger partial charge in [-0.05, 0) is 80.9 Å². The van der Waals surface area contributed by atoms with Crippen molar-refractivity contribution in [3.8, 4) is 0 Å². The summed E-state index contributed by atoms with van der Waals surface area (Å²) in [6.07, 6.45) is 10.1. The third-order valence-electron chi connectivity index (χ3n) is 5.62. The fourth-order valence-electron chi connectivity index (χ4n) is 3.91. The maximum absolute atomic E-state index is 13.3. The lowest BCUT2D eigenvalue weighted by molar-refractivity contribution is 0.381.